The number of hydrogen-bond donors (Lipinski definition) is 2. The number of nitro groups is 1. The maximum atomic E-state index is 11.0. The summed E-state index contributed by atoms with van der Waals surface area (Å²) in [5.74, 6) is 0.439. The maximum Gasteiger partial charge on any atom is 0.325 e. The second-order valence-electron chi connectivity index (χ2n) is 7.41. The number of benzene rings is 1. The molecule has 2 aromatic heterocycles. The van der Waals surface area contributed by atoms with Gasteiger partial charge in [-0.15, -0.1) is 21.5 Å². The Hall–Kier alpha value is -2.04. The molecular formula is C20H24N3O6PS2. The molecule has 0 bridgehead atoms. The summed E-state index contributed by atoms with van der Waals surface area (Å²) in [5.41, 5.74) is 1.88. The number of thiophene rings is 1. The van der Waals surface area contributed by atoms with Crippen LogP contribution in [0, 0.1) is 17.0 Å². The van der Waals surface area contributed by atoms with Gasteiger partial charge in [0.25, 0.3) is 16.8 Å². The molecule has 3 rings (SSSR count). The predicted octanol–water partition coefficient (Wildman–Crippen LogP) is 5.76. The number of hydrogen-bond acceptors (Lipinski definition) is 8. The Morgan fingerprint density at radius 1 is 1.25 bits per heavy atom. The van der Waals surface area contributed by atoms with Crippen molar-refractivity contribution in [1.29, 1.82) is 0 Å². The first-order chi connectivity index (χ1) is 15.1. The molecule has 2 N–H and O–H groups in total. The first-order valence-corrected chi connectivity index (χ1v) is 13.5. The second-order valence-corrected chi connectivity index (χ2v) is 11.6. The van der Waals surface area contributed by atoms with E-state index in [1.165, 1.54) is 17.8 Å². The van der Waals surface area contributed by atoms with Gasteiger partial charge in [-0.3, -0.25) is 14.7 Å². The van der Waals surface area contributed by atoms with Gasteiger partial charge in [-0.1, -0.05) is 30.3 Å². The quantitative estimate of drug-likeness (QED) is 0.111. The molecule has 2 heterocycles. The highest BCUT2D eigenvalue weighted by Gasteiger charge is 2.19. The number of non-ortho nitro benzene ring substituents is 1. The van der Waals surface area contributed by atoms with Crippen molar-refractivity contribution < 1.29 is 23.7 Å². The van der Waals surface area contributed by atoms with E-state index in [2.05, 4.69) is 16.3 Å². The Labute approximate surface area is 193 Å². The van der Waals surface area contributed by atoms with Gasteiger partial charge < -0.3 is 14.2 Å². The van der Waals surface area contributed by atoms with E-state index < -0.39 is 12.5 Å². The van der Waals surface area contributed by atoms with Crippen molar-refractivity contribution >= 4 is 36.4 Å². The summed E-state index contributed by atoms with van der Waals surface area (Å²) < 4.78 is 16.7. The molecule has 12 heteroatoms. The third-order valence-corrected chi connectivity index (χ3v) is 7.95. The second kappa shape index (κ2) is 10.7. The molecule has 1 unspecified atom stereocenters. The van der Waals surface area contributed by atoms with Crippen LogP contribution < -0.4 is 0 Å². The van der Waals surface area contributed by atoms with Crippen LogP contribution in [0.5, 0.6) is 0 Å². The van der Waals surface area contributed by atoms with Gasteiger partial charge in [-0.25, -0.2) is 0 Å². The van der Waals surface area contributed by atoms with Crippen LogP contribution in [0.3, 0.4) is 0 Å². The first-order valence-electron chi connectivity index (χ1n) is 10.0. The monoisotopic (exact) mass is 497 g/mol. The number of aryl methyl sites for hydroxylation is 2. The molecule has 0 aliphatic heterocycles. The van der Waals surface area contributed by atoms with Gasteiger partial charge in [-0.05, 0) is 50.3 Å². The van der Waals surface area contributed by atoms with E-state index in [0.717, 1.165) is 40.1 Å². The lowest BCUT2D eigenvalue weighted by molar-refractivity contribution is -0.384. The Balaban J connectivity index is 1.60. The highest BCUT2D eigenvalue weighted by Crippen LogP contribution is 2.39. The van der Waals surface area contributed by atoms with Crippen molar-refractivity contribution in [2.75, 3.05) is 6.16 Å². The molecule has 0 aliphatic rings. The van der Waals surface area contributed by atoms with Crippen LogP contribution in [0.25, 0.3) is 10.8 Å². The van der Waals surface area contributed by atoms with Crippen LogP contribution in [0.15, 0.2) is 40.0 Å². The van der Waals surface area contributed by atoms with Crippen LogP contribution in [0.1, 0.15) is 47.4 Å². The molecule has 0 aliphatic carbocycles. The molecule has 0 amide bonds. The van der Waals surface area contributed by atoms with Crippen LogP contribution >= 0.6 is 30.7 Å². The minimum absolute atomic E-state index is 0.0460. The van der Waals surface area contributed by atoms with Crippen LogP contribution in [0.4, 0.5) is 5.69 Å². The summed E-state index contributed by atoms with van der Waals surface area (Å²) in [7, 11) is -3.91. The number of thioether (sulfide) groups is 1. The normalized spacial score (nSPS) is 12.8. The summed E-state index contributed by atoms with van der Waals surface area (Å²) in [6, 6.07) is 8.57. The standard InChI is InChI=1S/C20H24N3O6PS2/c1-13-11-17(9-4-3-5-10-30(26,27)28)32-18(13)19-21-22-20(29-19)31-14(2)15-7-6-8-16(12-15)23(24)25/h6-8,11-12,14H,3-5,9-10H2,1-2H3,(H2,26,27,28). The van der Waals surface area contributed by atoms with E-state index in [9.17, 15) is 14.7 Å². The van der Waals surface area contributed by atoms with Crippen LogP contribution in [-0.4, -0.2) is 31.1 Å². The smallest absolute Gasteiger partial charge is 0.325 e. The summed E-state index contributed by atoms with van der Waals surface area (Å²) in [6.07, 6.45) is 2.87. The Bertz CT molecular complexity index is 1130. The molecule has 0 spiro atoms. The lowest BCUT2D eigenvalue weighted by Gasteiger charge is -2.08. The van der Waals surface area contributed by atoms with Crippen LogP contribution in [0.2, 0.25) is 0 Å². The Morgan fingerprint density at radius 2 is 2.03 bits per heavy atom. The average molecular weight is 498 g/mol. The highest BCUT2D eigenvalue weighted by atomic mass is 32.2. The molecule has 0 saturated heterocycles. The van der Waals surface area contributed by atoms with Gasteiger partial charge in [0.2, 0.25) is 0 Å². The van der Waals surface area contributed by atoms with E-state index in [1.54, 1.807) is 23.5 Å². The van der Waals surface area contributed by atoms with Crippen molar-refractivity contribution in [2.24, 2.45) is 0 Å². The SMILES string of the molecule is Cc1cc(CCCCCP(=O)(O)O)sc1-c1nnc(SC(C)c2cccc([N+](=O)[O-])c2)o1. The molecular weight excluding hydrogens is 473 g/mol. The topological polar surface area (TPSA) is 140 Å². The van der Waals surface area contributed by atoms with E-state index >= 15 is 0 Å². The van der Waals surface area contributed by atoms with Crippen molar-refractivity contribution in [2.45, 2.75) is 50.0 Å². The molecule has 172 valence electrons. The Morgan fingerprint density at radius 3 is 2.75 bits per heavy atom. The molecule has 0 fully saturated rings. The molecule has 3 aromatic rings. The van der Waals surface area contributed by atoms with Crippen molar-refractivity contribution in [1.82, 2.24) is 10.2 Å². The number of nitro benzene ring substituents is 1. The third-order valence-electron chi connectivity index (χ3n) is 4.77. The highest BCUT2D eigenvalue weighted by molar-refractivity contribution is 7.99. The zero-order valence-corrected chi connectivity index (χ0v) is 20.2. The number of unbranched alkanes of at least 4 members (excludes halogenated alkanes) is 2. The molecule has 1 atom stereocenters. The zero-order valence-electron chi connectivity index (χ0n) is 17.6. The minimum Gasteiger partial charge on any atom is -0.410 e. The molecule has 32 heavy (non-hydrogen) atoms. The van der Waals surface area contributed by atoms with Crippen molar-refractivity contribution in [3.05, 3.63) is 56.5 Å². The maximum absolute atomic E-state index is 11.0. The number of aromatic nitrogens is 2. The number of nitrogens with zero attached hydrogens (tertiary/aromatic N) is 3. The third kappa shape index (κ3) is 6.98. The van der Waals surface area contributed by atoms with E-state index in [1.807, 2.05) is 19.9 Å². The lowest BCUT2D eigenvalue weighted by atomic mass is 10.1. The fourth-order valence-electron chi connectivity index (χ4n) is 3.14. The first kappa shape index (κ1) is 24.6. The van der Waals surface area contributed by atoms with E-state index in [0.29, 0.717) is 17.5 Å². The van der Waals surface area contributed by atoms with Gasteiger partial charge in [0, 0.05) is 28.4 Å². The molecule has 1 aromatic carbocycles. The average Bonchev–Trinajstić information content (AvgIpc) is 3.33. The molecule has 0 saturated carbocycles. The van der Waals surface area contributed by atoms with Gasteiger partial charge in [0.15, 0.2) is 0 Å². The summed E-state index contributed by atoms with van der Waals surface area (Å²) in [5, 5.41) is 19.6. The fourth-order valence-corrected chi connectivity index (χ4v) is 5.71. The summed E-state index contributed by atoms with van der Waals surface area (Å²) >= 11 is 2.92. The molecule has 0 radical (unpaired) electrons. The van der Waals surface area contributed by atoms with Gasteiger partial charge in [-0.2, -0.15) is 0 Å². The van der Waals surface area contributed by atoms with E-state index in [-0.39, 0.29) is 17.1 Å². The van der Waals surface area contributed by atoms with Gasteiger partial charge in [0.05, 0.1) is 9.80 Å². The molecule has 9 nitrogen and oxygen atoms in total. The lowest BCUT2D eigenvalue weighted by Crippen LogP contribution is -1.92. The predicted molar refractivity (Wildman–Crippen MR) is 124 cm³/mol. The van der Waals surface area contributed by atoms with Crippen LogP contribution in [-0.2, 0) is 11.0 Å². The van der Waals surface area contributed by atoms with Crippen molar-refractivity contribution in [3.8, 4) is 10.8 Å². The van der Waals surface area contributed by atoms with Gasteiger partial charge >= 0.3 is 7.60 Å². The zero-order chi connectivity index (χ0) is 23.3. The number of rotatable bonds is 11. The minimum atomic E-state index is -3.91. The largest absolute Gasteiger partial charge is 0.410 e. The summed E-state index contributed by atoms with van der Waals surface area (Å²) in [6.45, 7) is 3.90. The van der Waals surface area contributed by atoms with Gasteiger partial charge in [0.1, 0.15) is 0 Å². The van der Waals surface area contributed by atoms with E-state index in [4.69, 9.17) is 14.2 Å². The Kier molecular flexibility index (Phi) is 8.24. The van der Waals surface area contributed by atoms with Crippen molar-refractivity contribution in [3.63, 3.8) is 0 Å². The summed E-state index contributed by atoms with van der Waals surface area (Å²) in [4.78, 5) is 30.5. The fraction of sp³-hybridized carbons (Fsp3) is 0.400.